The summed E-state index contributed by atoms with van der Waals surface area (Å²) < 4.78 is 25.1. The molecule has 1 saturated heterocycles. The maximum absolute atomic E-state index is 8.51. The van der Waals surface area contributed by atoms with Gasteiger partial charge < -0.3 is 15.1 Å². The molecule has 0 spiro atoms. The van der Waals surface area contributed by atoms with Crippen molar-refractivity contribution in [2.24, 2.45) is 4.99 Å². The first-order valence-corrected chi connectivity index (χ1v) is 8.26. The van der Waals surface area contributed by atoms with Crippen molar-refractivity contribution in [1.82, 2.24) is 9.80 Å². The summed E-state index contributed by atoms with van der Waals surface area (Å²) in [5.74, 6) is 0.900. The van der Waals surface area contributed by atoms with Gasteiger partial charge in [-0.25, -0.2) is 4.99 Å². The van der Waals surface area contributed by atoms with Gasteiger partial charge in [0.05, 0.1) is 20.7 Å². The Morgan fingerprint density at radius 3 is 2.82 bits per heavy atom. The molecule has 2 aromatic rings. The molecule has 0 bridgehead atoms. The van der Waals surface area contributed by atoms with Crippen molar-refractivity contribution in [3.05, 3.63) is 45.0 Å². The number of hydrogen-bond donors (Lipinski definition) is 1. The Labute approximate surface area is 138 Å². The highest BCUT2D eigenvalue weighted by Gasteiger charge is 2.20. The molecule has 0 atom stereocenters. The summed E-state index contributed by atoms with van der Waals surface area (Å²) in [5, 5.41) is 4.27. The second-order valence-corrected chi connectivity index (χ2v) is 6.92. The summed E-state index contributed by atoms with van der Waals surface area (Å²) in [6.07, 6.45) is 0. The van der Waals surface area contributed by atoms with Crippen LogP contribution in [0.25, 0.3) is 5.82 Å². The minimum absolute atomic E-state index is 0.160. The van der Waals surface area contributed by atoms with Crippen LogP contribution in [0.3, 0.4) is 0 Å². The number of anilines is 1. The van der Waals surface area contributed by atoms with E-state index in [9.17, 15) is 0 Å². The maximum atomic E-state index is 8.51. The molecule has 2 aliphatic rings. The number of fused-ring (bicyclic) bond motifs is 2. The lowest BCUT2D eigenvalue weighted by molar-refractivity contribution is 0.206. The van der Waals surface area contributed by atoms with Crippen molar-refractivity contribution in [3.8, 4) is 0 Å². The number of piperazine rings is 1. The van der Waals surface area contributed by atoms with Crippen molar-refractivity contribution >= 4 is 28.5 Å². The minimum atomic E-state index is 0.160. The quantitative estimate of drug-likeness (QED) is 0.870. The van der Waals surface area contributed by atoms with E-state index in [1.807, 2.05) is 6.92 Å². The normalized spacial score (nSPS) is 20.0. The summed E-state index contributed by atoms with van der Waals surface area (Å²) in [4.78, 5) is 10.2. The molecule has 0 aliphatic carbocycles. The van der Waals surface area contributed by atoms with Gasteiger partial charge in [0.15, 0.2) is 0 Å². The molecule has 4 rings (SSSR count). The minimum Gasteiger partial charge on any atom is -0.355 e. The smallest absolute Gasteiger partial charge is 0.127 e. The second-order valence-electron chi connectivity index (χ2n) is 5.72. The predicted molar refractivity (Wildman–Crippen MR) is 92.0 cm³/mol. The first-order valence-electron chi connectivity index (χ1n) is 8.95. The zero-order chi connectivity index (χ0) is 17.7. The van der Waals surface area contributed by atoms with E-state index in [1.165, 1.54) is 11.3 Å². The van der Waals surface area contributed by atoms with Gasteiger partial charge in [-0.1, -0.05) is 12.1 Å². The fraction of sp³-hybridized carbons (Fsp3) is 0.353. The van der Waals surface area contributed by atoms with Gasteiger partial charge in [-0.3, -0.25) is 0 Å². The van der Waals surface area contributed by atoms with Crippen molar-refractivity contribution < 1.29 is 4.11 Å². The SMILES string of the molecule is [2H]c1cc2c(cc1[2H])NC(N1CCN(C)CC1)=c1c([2H])c(C)sc1=N2. The van der Waals surface area contributed by atoms with Gasteiger partial charge in [0, 0.05) is 31.1 Å². The molecular formula is C17H20N4S. The van der Waals surface area contributed by atoms with Crippen molar-refractivity contribution in [2.75, 3.05) is 38.5 Å². The van der Waals surface area contributed by atoms with E-state index < -0.39 is 0 Å². The molecule has 4 nitrogen and oxygen atoms in total. The molecule has 1 N–H and O–H groups in total. The summed E-state index contributed by atoms with van der Waals surface area (Å²) in [7, 11) is 2.12. The lowest BCUT2D eigenvalue weighted by Crippen LogP contribution is -2.47. The Hall–Kier alpha value is -1.85. The molecule has 0 radical (unpaired) electrons. The van der Waals surface area contributed by atoms with Crippen LogP contribution in [0.5, 0.6) is 0 Å². The summed E-state index contributed by atoms with van der Waals surface area (Å²) in [5.41, 5.74) is 1.39. The van der Waals surface area contributed by atoms with Crippen LogP contribution < -0.4 is 15.2 Å². The summed E-state index contributed by atoms with van der Waals surface area (Å²) in [6, 6.07) is 4.12. The molecule has 114 valence electrons. The van der Waals surface area contributed by atoms with E-state index in [0.29, 0.717) is 11.7 Å². The van der Waals surface area contributed by atoms with Crippen LogP contribution in [-0.4, -0.2) is 43.0 Å². The van der Waals surface area contributed by atoms with Crippen LogP contribution in [0.1, 0.15) is 8.99 Å². The van der Waals surface area contributed by atoms with E-state index in [-0.39, 0.29) is 12.1 Å². The number of benzene rings is 1. The fourth-order valence-electron chi connectivity index (χ4n) is 2.83. The number of nitrogens with zero attached hydrogens (tertiary/aromatic N) is 3. The maximum Gasteiger partial charge on any atom is 0.127 e. The molecule has 22 heavy (non-hydrogen) atoms. The molecule has 1 fully saturated rings. The number of thiophene rings is 1. The third-order valence-corrected chi connectivity index (χ3v) is 4.98. The molecular weight excluding hydrogens is 292 g/mol. The third-order valence-electron chi connectivity index (χ3n) is 4.08. The van der Waals surface area contributed by atoms with E-state index in [4.69, 9.17) is 9.10 Å². The highest BCUT2D eigenvalue weighted by molar-refractivity contribution is 7.09. The van der Waals surface area contributed by atoms with Crippen LogP contribution >= 0.6 is 11.3 Å². The van der Waals surface area contributed by atoms with E-state index in [0.717, 1.165) is 52.5 Å². The number of aryl methyl sites for hydroxylation is 1. The van der Waals surface area contributed by atoms with E-state index in [1.54, 1.807) is 12.1 Å². The van der Waals surface area contributed by atoms with E-state index in [2.05, 4.69) is 22.2 Å². The van der Waals surface area contributed by atoms with Crippen molar-refractivity contribution in [2.45, 2.75) is 6.92 Å². The Kier molecular flexibility index (Phi) is 2.66. The summed E-state index contributed by atoms with van der Waals surface area (Å²) >= 11 is 1.51. The average Bonchev–Trinajstić information content (AvgIpc) is 2.75. The molecule has 0 amide bonds. The lowest BCUT2D eigenvalue weighted by Gasteiger charge is -2.35. The van der Waals surface area contributed by atoms with Crippen LogP contribution in [0.15, 0.2) is 35.3 Å². The van der Waals surface area contributed by atoms with E-state index >= 15 is 0 Å². The Balaban J connectivity index is 1.94. The Morgan fingerprint density at radius 1 is 1.23 bits per heavy atom. The number of nitrogens with one attached hydrogen (secondary N) is 1. The van der Waals surface area contributed by atoms with Gasteiger partial charge in [-0.2, -0.15) is 0 Å². The first kappa shape index (κ1) is 10.8. The summed E-state index contributed by atoms with van der Waals surface area (Å²) in [6.45, 7) is 5.65. The number of para-hydroxylation sites is 2. The Morgan fingerprint density at radius 2 is 2.00 bits per heavy atom. The highest BCUT2D eigenvalue weighted by atomic mass is 32.1. The van der Waals surface area contributed by atoms with Gasteiger partial charge in [0.25, 0.3) is 0 Å². The molecule has 3 heterocycles. The van der Waals surface area contributed by atoms with Gasteiger partial charge in [-0.15, -0.1) is 11.3 Å². The van der Waals surface area contributed by atoms with Crippen LogP contribution in [0.4, 0.5) is 11.4 Å². The molecule has 2 aliphatic heterocycles. The van der Waals surface area contributed by atoms with Crippen molar-refractivity contribution in [1.29, 1.82) is 0 Å². The lowest BCUT2D eigenvalue weighted by atomic mass is 10.2. The predicted octanol–water partition coefficient (Wildman–Crippen LogP) is 1.75. The van der Waals surface area contributed by atoms with Gasteiger partial charge >= 0.3 is 0 Å². The first-order chi connectivity index (χ1) is 11.9. The second kappa shape index (κ2) is 5.41. The van der Waals surface area contributed by atoms with Crippen LogP contribution in [-0.2, 0) is 0 Å². The molecule has 0 saturated carbocycles. The average molecular weight is 315 g/mol. The third kappa shape index (κ3) is 2.40. The molecule has 1 aromatic heterocycles. The largest absolute Gasteiger partial charge is 0.355 e. The van der Waals surface area contributed by atoms with Gasteiger partial charge in [-0.05, 0) is 32.1 Å². The fourth-order valence-corrected chi connectivity index (χ4v) is 3.66. The van der Waals surface area contributed by atoms with Crippen LogP contribution in [0.2, 0.25) is 0 Å². The number of hydrogen-bond acceptors (Lipinski definition) is 5. The zero-order valence-electron chi connectivity index (χ0n) is 15.7. The zero-order valence-corrected chi connectivity index (χ0v) is 13.5. The Bertz CT molecular complexity index is 961. The topological polar surface area (TPSA) is 30.9 Å². The van der Waals surface area contributed by atoms with Gasteiger partial charge in [0.1, 0.15) is 10.5 Å². The van der Waals surface area contributed by atoms with Gasteiger partial charge in [0.2, 0.25) is 0 Å². The van der Waals surface area contributed by atoms with Crippen LogP contribution in [0, 0.1) is 6.92 Å². The molecule has 0 unspecified atom stereocenters. The standard InChI is InChI=1S/C17H20N4S/c1-12-11-13-16(21-9-7-20(2)8-10-21)18-14-5-3-4-6-15(14)19-17(13)22-12/h3-6,11,18H,7-10H2,1-2H3/i3D,4D,11D. The highest BCUT2D eigenvalue weighted by Crippen LogP contribution is 2.27. The monoisotopic (exact) mass is 315 g/mol. The molecule has 1 aromatic carbocycles. The number of likely N-dealkylation sites (N-methyl/N-ethyl adjacent to an activating group) is 1. The van der Waals surface area contributed by atoms with Crippen molar-refractivity contribution in [3.63, 3.8) is 0 Å². The molecule has 5 heteroatoms. The number of rotatable bonds is 1.